The molecule has 0 atom stereocenters. The van der Waals surface area contributed by atoms with Gasteiger partial charge in [0.2, 0.25) is 5.91 Å². The molecule has 1 aliphatic carbocycles. The standard InChI is InChI=1S/C17H24ClNO2/c1-2-3-4-12-5-7-13(8-6-12)17(21)19-14-9-10-15(18)16(20)11-14/h9-13,20H,2-8H2,1H3,(H,19,21). The van der Waals surface area contributed by atoms with Crippen molar-refractivity contribution in [1.82, 2.24) is 0 Å². The summed E-state index contributed by atoms with van der Waals surface area (Å²) in [5.74, 6) is 0.956. The van der Waals surface area contributed by atoms with Gasteiger partial charge in [0.05, 0.1) is 5.02 Å². The minimum Gasteiger partial charge on any atom is -0.506 e. The zero-order valence-corrected chi connectivity index (χ0v) is 13.3. The number of phenolic OH excluding ortho intramolecular Hbond substituents is 1. The molecule has 0 spiro atoms. The van der Waals surface area contributed by atoms with Crippen LogP contribution in [0.25, 0.3) is 0 Å². The molecule has 2 rings (SSSR count). The second-order valence-electron chi connectivity index (χ2n) is 6.02. The van der Waals surface area contributed by atoms with Crippen LogP contribution in [-0.4, -0.2) is 11.0 Å². The first-order valence-electron chi connectivity index (χ1n) is 7.89. The third-order valence-electron chi connectivity index (χ3n) is 4.40. The van der Waals surface area contributed by atoms with E-state index in [0.29, 0.717) is 10.7 Å². The summed E-state index contributed by atoms with van der Waals surface area (Å²) in [7, 11) is 0. The Morgan fingerprint density at radius 3 is 2.67 bits per heavy atom. The number of anilines is 1. The number of rotatable bonds is 5. The average Bonchev–Trinajstić information content (AvgIpc) is 2.49. The van der Waals surface area contributed by atoms with E-state index in [1.54, 1.807) is 12.1 Å². The molecule has 1 fully saturated rings. The molecule has 116 valence electrons. The normalized spacial score (nSPS) is 22.0. The maximum atomic E-state index is 12.3. The molecule has 1 amide bonds. The van der Waals surface area contributed by atoms with Crippen LogP contribution in [-0.2, 0) is 4.79 Å². The smallest absolute Gasteiger partial charge is 0.227 e. The molecule has 0 heterocycles. The Labute approximate surface area is 131 Å². The van der Waals surface area contributed by atoms with Crippen molar-refractivity contribution < 1.29 is 9.90 Å². The van der Waals surface area contributed by atoms with Crippen molar-refractivity contribution in [3.63, 3.8) is 0 Å². The summed E-state index contributed by atoms with van der Waals surface area (Å²) in [6.45, 7) is 2.22. The number of nitrogens with one attached hydrogen (secondary N) is 1. The Morgan fingerprint density at radius 2 is 2.05 bits per heavy atom. The van der Waals surface area contributed by atoms with E-state index in [-0.39, 0.29) is 17.6 Å². The van der Waals surface area contributed by atoms with Crippen LogP contribution in [0.15, 0.2) is 18.2 Å². The minimum absolute atomic E-state index is 0.00209. The maximum absolute atomic E-state index is 12.3. The van der Waals surface area contributed by atoms with E-state index in [1.807, 2.05) is 0 Å². The maximum Gasteiger partial charge on any atom is 0.227 e. The molecule has 1 aromatic rings. The first-order chi connectivity index (χ1) is 10.1. The number of amides is 1. The third kappa shape index (κ3) is 4.63. The van der Waals surface area contributed by atoms with Crippen LogP contribution < -0.4 is 5.32 Å². The number of halogens is 1. The van der Waals surface area contributed by atoms with Gasteiger partial charge in [-0.2, -0.15) is 0 Å². The van der Waals surface area contributed by atoms with E-state index in [0.717, 1.165) is 31.6 Å². The lowest BCUT2D eigenvalue weighted by Gasteiger charge is -2.27. The zero-order valence-electron chi connectivity index (χ0n) is 12.6. The summed E-state index contributed by atoms with van der Waals surface area (Å²) in [4.78, 5) is 12.3. The van der Waals surface area contributed by atoms with Gasteiger partial charge in [0, 0.05) is 17.7 Å². The van der Waals surface area contributed by atoms with E-state index in [4.69, 9.17) is 11.6 Å². The van der Waals surface area contributed by atoms with Crippen LogP contribution in [0.5, 0.6) is 5.75 Å². The predicted molar refractivity (Wildman–Crippen MR) is 86.7 cm³/mol. The van der Waals surface area contributed by atoms with Crippen LogP contribution in [0, 0.1) is 11.8 Å². The van der Waals surface area contributed by atoms with Gasteiger partial charge >= 0.3 is 0 Å². The highest BCUT2D eigenvalue weighted by molar-refractivity contribution is 6.32. The monoisotopic (exact) mass is 309 g/mol. The molecule has 0 saturated heterocycles. The van der Waals surface area contributed by atoms with Crippen LogP contribution in [0.3, 0.4) is 0 Å². The quantitative estimate of drug-likeness (QED) is 0.805. The third-order valence-corrected chi connectivity index (χ3v) is 4.72. The number of carbonyl (C=O) groups is 1. The first kappa shape index (κ1) is 16.2. The lowest BCUT2D eigenvalue weighted by Crippen LogP contribution is -2.27. The Bertz CT molecular complexity index is 482. The SMILES string of the molecule is CCCCC1CCC(C(=O)Nc2ccc(Cl)c(O)c2)CC1. The Hall–Kier alpha value is -1.22. The minimum atomic E-state index is -0.00209. The van der Waals surface area contributed by atoms with Crippen molar-refractivity contribution in [1.29, 1.82) is 0 Å². The molecule has 0 unspecified atom stereocenters. The van der Waals surface area contributed by atoms with Crippen molar-refractivity contribution in [2.24, 2.45) is 11.8 Å². The van der Waals surface area contributed by atoms with Crippen LogP contribution >= 0.6 is 11.6 Å². The molecule has 1 aromatic carbocycles. The summed E-state index contributed by atoms with van der Waals surface area (Å²) in [6.07, 6.45) is 8.11. The summed E-state index contributed by atoms with van der Waals surface area (Å²) in [5.41, 5.74) is 0.606. The summed E-state index contributed by atoms with van der Waals surface area (Å²) in [5, 5.41) is 12.7. The van der Waals surface area contributed by atoms with E-state index in [9.17, 15) is 9.90 Å². The summed E-state index contributed by atoms with van der Waals surface area (Å²) < 4.78 is 0. The highest BCUT2D eigenvalue weighted by Crippen LogP contribution is 2.33. The molecular formula is C17H24ClNO2. The highest BCUT2D eigenvalue weighted by Gasteiger charge is 2.26. The number of unbranched alkanes of at least 4 members (excludes halogenated alkanes) is 1. The molecule has 2 N–H and O–H groups in total. The van der Waals surface area contributed by atoms with Crippen LogP contribution in [0.4, 0.5) is 5.69 Å². The van der Waals surface area contributed by atoms with Crippen molar-refractivity contribution in [2.45, 2.75) is 51.9 Å². The van der Waals surface area contributed by atoms with Crippen LogP contribution in [0.1, 0.15) is 51.9 Å². The topological polar surface area (TPSA) is 49.3 Å². The predicted octanol–water partition coefficient (Wildman–Crippen LogP) is 4.98. The van der Waals surface area contributed by atoms with Gasteiger partial charge in [0.15, 0.2) is 0 Å². The molecule has 0 aliphatic heterocycles. The van der Waals surface area contributed by atoms with Gasteiger partial charge in [-0.25, -0.2) is 0 Å². The van der Waals surface area contributed by atoms with E-state index < -0.39 is 0 Å². The molecule has 0 radical (unpaired) electrons. The van der Waals surface area contributed by atoms with Crippen molar-refractivity contribution in [3.05, 3.63) is 23.2 Å². The van der Waals surface area contributed by atoms with Gasteiger partial charge in [-0.3, -0.25) is 4.79 Å². The highest BCUT2D eigenvalue weighted by atomic mass is 35.5. The fourth-order valence-electron chi connectivity index (χ4n) is 3.04. The summed E-state index contributed by atoms with van der Waals surface area (Å²) in [6, 6.07) is 4.80. The number of aromatic hydroxyl groups is 1. The second kappa shape index (κ2) is 7.69. The van der Waals surface area contributed by atoms with Gasteiger partial charge in [-0.15, -0.1) is 0 Å². The number of benzene rings is 1. The van der Waals surface area contributed by atoms with Gasteiger partial charge in [-0.1, -0.05) is 37.8 Å². The van der Waals surface area contributed by atoms with E-state index in [1.165, 1.54) is 25.3 Å². The molecule has 1 aliphatic rings. The Kier molecular flexibility index (Phi) is 5.92. The Balaban J connectivity index is 1.83. The van der Waals surface area contributed by atoms with E-state index >= 15 is 0 Å². The average molecular weight is 310 g/mol. The number of carbonyl (C=O) groups excluding carboxylic acids is 1. The lowest BCUT2D eigenvalue weighted by molar-refractivity contribution is -0.121. The van der Waals surface area contributed by atoms with E-state index in [2.05, 4.69) is 12.2 Å². The Morgan fingerprint density at radius 1 is 1.33 bits per heavy atom. The molecule has 0 aromatic heterocycles. The first-order valence-corrected chi connectivity index (χ1v) is 8.27. The van der Waals surface area contributed by atoms with Crippen LogP contribution in [0.2, 0.25) is 5.02 Å². The zero-order chi connectivity index (χ0) is 15.2. The van der Waals surface area contributed by atoms with Gasteiger partial charge < -0.3 is 10.4 Å². The molecule has 3 nitrogen and oxygen atoms in total. The fourth-order valence-corrected chi connectivity index (χ4v) is 3.16. The number of hydrogen-bond acceptors (Lipinski definition) is 2. The van der Waals surface area contributed by atoms with Gasteiger partial charge in [0.1, 0.15) is 5.75 Å². The van der Waals surface area contributed by atoms with Crippen molar-refractivity contribution in [3.8, 4) is 5.75 Å². The molecule has 1 saturated carbocycles. The second-order valence-corrected chi connectivity index (χ2v) is 6.42. The largest absolute Gasteiger partial charge is 0.506 e. The van der Waals surface area contributed by atoms with Gasteiger partial charge in [-0.05, 0) is 43.7 Å². The van der Waals surface area contributed by atoms with Gasteiger partial charge in [0.25, 0.3) is 0 Å². The number of hydrogen-bond donors (Lipinski definition) is 2. The molecule has 4 heteroatoms. The lowest BCUT2D eigenvalue weighted by atomic mass is 9.79. The molecular weight excluding hydrogens is 286 g/mol. The summed E-state index contributed by atoms with van der Waals surface area (Å²) >= 11 is 5.76. The van der Waals surface area contributed by atoms with Crippen molar-refractivity contribution in [2.75, 3.05) is 5.32 Å². The fraction of sp³-hybridized carbons (Fsp3) is 0.588. The molecule has 0 bridgehead atoms. The number of phenols is 1. The molecule has 21 heavy (non-hydrogen) atoms. The van der Waals surface area contributed by atoms with Crippen molar-refractivity contribution >= 4 is 23.2 Å².